The van der Waals surface area contributed by atoms with Gasteiger partial charge in [0, 0.05) is 50.5 Å². The fraction of sp³-hybridized carbons (Fsp3) is 0.400. The van der Waals surface area contributed by atoms with Crippen LogP contribution in [0.15, 0.2) is 61.1 Å². The van der Waals surface area contributed by atoms with E-state index in [-0.39, 0.29) is 11.8 Å². The van der Waals surface area contributed by atoms with Gasteiger partial charge in [-0.25, -0.2) is 0 Å². The van der Waals surface area contributed by atoms with Gasteiger partial charge in [0.25, 0.3) is 0 Å². The largest absolute Gasteiger partial charge is 0.493 e. The number of nitrogens with zero attached hydrogens (tertiary/aromatic N) is 4. The van der Waals surface area contributed by atoms with Gasteiger partial charge in [0.15, 0.2) is 0 Å². The summed E-state index contributed by atoms with van der Waals surface area (Å²) in [6.45, 7) is 7.85. The van der Waals surface area contributed by atoms with E-state index < -0.39 is 5.41 Å². The highest BCUT2D eigenvalue weighted by Gasteiger charge is 2.45. The van der Waals surface area contributed by atoms with Gasteiger partial charge in [-0.05, 0) is 82.0 Å². The lowest BCUT2D eigenvalue weighted by molar-refractivity contribution is -0.137. The number of aryl methyl sites for hydroxylation is 2. The average Bonchev–Trinajstić information content (AvgIpc) is 2.99. The second-order valence-corrected chi connectivity index (χ2v) is 10.0. The Morgan fingerprint density at radius 2 is 1.82 bits per heavy atom. The van der Waals surface area contributed by atoms with Crippen molar-refractivity contribution >= 4 is 23.2 Å². The van der Waals surface area contributed by atoms with Gasteiger partial charge in [-0.3, -0.25) is 19.6 Å². The lowest BCUT2D eigenvalue weighted by atomic mass is 9.90. The molecule has 0 spiro atoms. The van der Waals surface area contributed by atoms with E-state index in [0.717, 1.165) is 43.7 Å². The van der Waals surface area contributed by atoms with E-state index in [2.05, 4.69) is 27.4 Å². The van der Waals surface area contributed by atoms with Crippen LogP contribution in [-0.4, -0.2) is 48.5 Å². The minimum Gasteiger partial charge on any atom is -0.493 e. The molecule has 0 radical (unpaired) electrons. The van der Waals surface area contributed by atoms with Gasteiger partial charge < -0.3 is 19.9 Å². The first-order valence-electron chi connectivity index (χ1n) is 13.2. The Morgan fingerprint density at radius 3 is 2.58 bits per heavy atom. The summed E-state index contributed by atoms with van der Waals surface area (Å²) >= 11 is 0. The predicted molar refractivity (Wildman–Crippen MR) is 149 cm³/mol. The third-order valence-corrected chi connectivity index (χ3v) is 6.97. The highest BCUT2D eigenvalue weighted by atomic mass is 16.5. The zero-order chi connectivity index (χ0) is 27.1. The summed E-state index contributed by atoms with van der Waals surface area (Å²) in [5.41, 5.74) is 3.80. The zero-order valence-electron chi connectivity index (χ0n) is 22.7. The van der Waals surface area contributed by atoms with Crippen LogP contribution in [0.4, 0.5) is 11.4 Å². The number of anilines is 2. The number of carbonyl (C=O) groups is 2. The smallest absolute Gasteiger partial charge is 0.242 e. The first-order valence-corrected chi connectivity index (χ1v) is 13.2. The molecule has 3 aromatic rings. The molecule has 0 saturated carbocycles. The summed E-state index contributed by atoms with van der Waals surface area (Å²) in [4.78, 5) is 38.1. The Balaban J connectivity index is 1.29. The monoisotopic (exact) mass is 515 g/mol. The number of nitrogens with one attached hydrogen (secondary N) is 1. The molecule has 8 heteroatoms. The number of hydrogen-bond donors (Lipinski definition) is 1. The maximum atomic E-state index is 13.0. The highest BCUT2D eigenvalue weighted by Crippen LogP contribution is 2.40. The second kappa shape index (κ2) is 12.2. The maximum absolute atomic E-state index is 13.0. The Kier molecular flexibility index (Phi) is 8.73. The van der Waals surface area contributed by atoms with Crippen molar-refractivity contribution in [2.24, 2.45) is 5.41 Å². The standard InChI is InChI=1S/C30H37N5O3/c1-5-35-26-14-12-24(19-27(26)34(4)28(36)30(2,3)29(35)37)38-18-8-16-32-21-23-10-7-17-33-25(23)13-11-22-9-6-15-31-20-22/h6-7,9-10,12,14-15,17,19-20,32H,5,8,11,13,16,18,21H2,1-4H3. The van der Waals surface area contributed by atoms with Crippen LogP contribution in [0.5, 0.6) is 5.75 Å². The van der Waals surface area contributed by atoms with Crippen molar-refractivity contribution in [2.45, 2.75) is 46.6 Å². The molecule has 38 heavy (non-hydrogen) atoms. The van der Waals surface area contributed by atoms with E-state index in [9.17, 15) is 9.59 Å². The first kappa shape index (κ1) is 27.3. The van der Waals surface area contributed by atoms with Gasteiger partial charge in [-0.15, -0.1) is 0 Å². The quantitative estimate of drug-likeness (QED) is 0.305. The van der Waals surface area contributed by atoms with Gasteiger partial charge in [0.05, 0.1) is 18.0 Å². The van der Waals surface area contributed by atoms with Crippen LogP contribution >= 0.6 is 0 Å². The van der Waals surface area contributed by atoms with E-state index in [4.69, 9.17) is 4.74 Å². The van der Waals surface area contributed by atoms with Crippen LogP contribution in [0.1, 0.15) is 44.0 Å². The summed E-state index contributed by atoms with van der Waals surface area (Å²) in [6.07, 6.45) is 8.15. The molecular weight excluding hydrogens is 478 g/mol. The van der Waals surface area contributed by atoms with E-state index in [0.29, 0.717) is 24.6 Å². The molecule has 2 aromatic heterocycles. The van der Waals surface area contributed by atoms with Crippen molar-refractivity contribution in [3.63, 3.8) is 0 Å². The van der Waals surface area contributed by atoms with Crippen LogP contribution in [0.3, 0.4) is 0 Å². The molecule has 0 fully saturated rings. The van der Waals surface area contributed by atoms with Crippen LogP contribution in [0.2, 0.25) is 0 Å². The van der Waals surface area contributed by atoms with Gasteiger partial charge in [0.2, 0.25) is 11.8 Å². The zero-order valence-corrected chi connectivity index (χ0v) is 22.7. The third-order valence-electron chi connectivity index (χ3n) is 6.97. The SMILES string of the molecule is CCN1C(=O)C(C)(C)C(=O)N(C)c2cc(OCCCNCc3cccnc3CCc3cccnc3)ccc21. The minimum absolute atomic E-state index is 0.191. The van der Waals surface area contributed by atoms with Crippen LogP contribution < -0.4 is 19.9 Å². The third kappa shape index (κ3) is 6.02. The van der Waals surface area contributed by atoms with E-state index in [1.54, 1.807) is 36.9 Å². The average molecular weight is 516 g/mol. The van der Waals surface area contributed by atoms with Crippen molar-refractivity contribution in [3.8, 4) is 5.75 Å². The van der Waals surface area contributed by atoms with Gasteiger partial charge in [0.1, 0.15) is 11.2 Å². The number of pyridine rings is 2. The number of fused-ring (bicyclic) bond motifs is 1. The summed E-state index contributed by atoms with van der Waals surface area (Å²) in [5.74, 6) is 0.261. The molecule has 1 aliphatic heterocycles. The number of carbonyl (C=O) groups excluding carboxylic acids is 2. The lowest BCUT2D eigenvalue weighted by Gasteiger charge is -2.27. The molecular formula is C30H37N5O3. The van der Waals surface area contributed by atoms with E-state index in [1.165, 1.54) is 11.1 Å². The molecule has 1 aromatic carbocycles. The number of amides is 2. The van der Waals surface area contributed by atoms with E-state index >= 15 is 0 Å². The molecule has 1 aliphatic rings. The van der Waals surface area contributed by atoms with Gasteiger partial charge in [-0.1, -0.05) is 12.1 Å². The van der Waals surface area contributed by atoms with Gasteiger partial charge in [-0.2, -0.15) is 0 Å². The molecule has 8 nitrogen and oxygen atoms in total. The van der Waals surface area contributed by atoms with Crippen molar-refractivity contribution in [1.29, 1.82) is 0 Å². The molecule has 0 bridgehead atoms. The normalized spacial score (nSPS) is 14.8. The molecule has 0 atom stereocenters. The molecule has 2 amide bonds. The molecule has 0 unspecified atom stereocenters. The highest BCUT2D eigenvalue weighted by molar-refractivity contribution is 6.20. The number of benzene rings is 1. The Hall–Kier alpha value is -3.78. The fourth-order valence-electron chi connectivity index (χ4n) is 4.75. The van der Waals surface area contributed by atoms with Crippen LogP contribution in [0, 0.1) is 5.41 Å². The Labute approximate surface area is 225 Å². The molecule has 3 heterocycles. The van der Waals surface area contributed by atoms with Crippen LogP contribution in [0.25, 0.3) is 0 Å². The van der Waals surface area contributed by atoms with E-state index in [1.807, 2.05) is 49.6 Å². The summed E-state index contributed by atoms with van der Waals surface area (Å²) in [6, 6.07) is 13.7. The van der Waals surface area contributed by atoms with Crippen molar-refractivity contribution < 1.29 is 14.3 Å². The number of hydrogen-bond acceptors (Lipinski definition) is 6. The number of rotatable bonds is 11. The summed E-state index contributed by atoms with van der Waals surface area (Å²) in [7, 11) is 1.71. The predicted octanol–water partition coefficient (Wildman–Crippen LogP) is 4.18. The molecule has 1 N–H and O–H groups in total. The maximum Gasteiger partial charge on any atom is 0.242 e. The van der Waals surface area contributed by atoms with Crippen molar-refractivity contribution in [2.75, 3.05) is 36.5 Å². The Bertz CT molecular complexity index is 1260. The number of aromatic nitrogens is 2. The molecule has 0 aliphatic carbocycles. The van der Waals surface area contributed by atoms with Crippen molar-refractivity contribution in [1.82, 2.24) is 15.3 Å². The minimum atomic E-state index is -1.12. The van der Waals surface area contributed by atoms with Gasteiger partial charge >= 0.3 is 0 Å². The number of ether oxygens (including phenoxy) is 1. The van der Waals surface area contributed by atoms with Crippen LogP contribution in [-0.2, 0) is 29.0 Å². The Morgan fingerprint density at radius 1 is 1.00 bits per heavy atom. The topological polar surface area (TPSA) is 87.7 Å². The summed E-state index contributed by atoms with van der Waals surface area (Å²) < 4.78 is 6.01. The molecule has 0 saturated heterocycles. The summed E-state index contributed by atoms with van der Waals surface area (Å²) in [5, 5.41) is 3.50. The molecule has 200 valence electrons. The fourth-order valence-corrected chi connectivity index (χ4v) is 4.75. The second-order valence-electron chi connectivity index (χ2n) is 10.0. The lowest BCUT2D eigenvalue weighted by Crippen LogP contribution is -2.47. The first-order chi connectivity index (χ1) is 18.3. The van der Waals surface area contributed by atoms with Crippen molar-refractivity contribution in [3.05, 3.63) is 77.9 Å². The molecule has 4 rings (SSSR count).